The maximum Gasteiger partial charge on any atom is 0.161 e. The number of Topliss-reactive ketones (excluding diaryl/α,β-unsaturated/α-hetero) is 1. The number of anilines is 1. The molecule has 1 aliphatic carbocycles. The molecular weight excluding hydrogens is 406 g/mol. The Bertz CT molecular complexity index is 895. The average molecular weight is 430 g/mol. The maximum absolute atomic E-state index is 11.8. The molecule has 0 unspecified atom stereocenters. The minimum absolute atomic E-state index is 0.122. The van der Waals surface area contributed by atoms with Gasteiger partial charge in [-0.15, -0.1) is 0 Å². The Morgan fingerprint density at radius 2 is 1.81 bits per heavy atom. The van der Waals surface area contributed by atoms with Crippen LogP contribution in [0.1, 0.15) is 59.6 Å². The highest BCUT2D eigenvalue weighted by Gasteiger charge is 2.41. The molecule has 142 valence electrons. The first-order valence-corrected chi connectivity index (χ1v) is 10.2. The van der Waals surface area contributed by atoms with Crippen LogP contribution in [-0.2, 0) is 0 Å². The van der Waals surface area contributed by atoms with E-state index >= 15 is 0 Å². The predicted octanol–water partition coefficient (Wildman–Crippen LogP) is 5.72. The van der Waals surface area contributed by atoms with Gasteiger partial charge in [-0.2, -0.15) is 0 Å². The number of ether oxygens (including phenoxy) is 2. The summed E-state index contributed by atoms with van der Waals surface area (Å²) in [5.74, 6) is 2.56. The lowest BCUT2D eigenvalue weighted by Crippen LogP contribution is -2.29. The van der Waals surface area contributed by atoms with E-state index in [2.05, 4.69) is 39.4 Å². The number of carbonyl (C=O) groups excluding carboxylic acids is 1. The van der Waals surface area contributed by atoms with E-state index in [-0.39, 0.29) is 11.8 Å². The number of rotatable bonds is 4. The van der Waals surface area contributed by atoms with E-state index in [1.165, 1.54) is 30.4 Å². The van der Waals surface area contributed by atoms with Crippen LogP contribution in [0.15, 0.2) is 34.8 Å². The first-order valence-electron chi connectivity index (χ1n) is 9.36. The van der Waals surface area contributed by atoms with Gasteiger partial charge in [-0.05, 0) is 73.1 Å². The monoisotopic (exact) mass is 429 g/mol. The number of nitrogens with one attached hydrogen (secondary N) is 1. The molecule has 0 saturated heterocycles. The number of benzene rings is 2. The van der Waals surface area contributed by atoms with Gasteiger partial charge in [0, 0.05) is 15.7 Å². The van der Waals surface area contributed by atoms with E-state index in [1.807, 2.05) is 12.1 Å². The highest BCUT2D eigenvalue weighted by atomic mass is 79.9. The van der Waals surface area contributed by atoms with Crippen LogP contribution >= 0.6 is 15.9 Å². The normalized spacial score (nSPS) is 23.2. The summed E-state index contributed by atoms with van der Waals surface area (Å²) < 4.78 is 12.0. The summed E-state index contributed by atoms with van der Waals surface area (Å²) >= 11 is 3.73. The van der Waals surface area contributed by atoms with Crippen molar-refractivity contribution in [2.45, 2.75) is 38.1 Å². The van der Waals surface area contributed by atoms with Crippen molar-refractivity contribution in [2.75, 3.05) is 19.5 Å². The van der Waals surface area contributed by atoms with E-state index in [0.717, 1.165) is 27.2 Å². The van der Waals surface area contributed by atoms with Crippen LogP contribution in [-0.4, -0.2) is 20.0 Å². The number of carbonyl (C=O) groups is 1. The molecule has 0 spiro atoms. The molecule has 1 aliphatic heterocycles. The lowest BCUT2D eigenvalue weighted by atomic mass is 9.76. The Morgan fingerprint density at radius 1 is 1.07 bits per heavy atom. The second kappa shape index (κ2) is 7.19. The highest BCUT2D eigenvalue weighted by Crippen LogP contribution is 2.54. The highest BCUT2D eigenvalue weighted by molar-refractivity contribution is 9.10. The molecule has 2 aromatic carbocycles. The lowest BCUT2D eigenvalue weighted by Gasteiger charge is -2.38. The minimum atomic E-state index is 0.122. The van der Waals surface area contributed by atoms with Crippen molar-refractivity contribution >= 4 is 27.4 Å². The topological polar surface area (TPSA) is 47.6 Å². The van der Waals surface area contributed by atoms with Crippen molar-refractivity contribution in [3.05, 3.63) is 51.5 Å². The zero-order valence-corrected chi connectivity index (χ0v) is 17.4. The Hall–Kier alpha value is -2.01. The Labute approximate surface area is 168 Å². The Morgan fingerprint density at radius 3 is 2.52 bits per heavy atom. The van der Waals surface area contributed by atoms with Crippen LogP contribution in [0.2, 0.25) is 0 Å². The van der Waals surface area contributed by atoms with Crippen molar-refractivity contribution in [1.29, 1.82) is 0 Å². The fourth-order valence-corrected chi connectivity index (χ4v) is 5.25. The van der Waals surface area contributed by atoms with Crippen molar-refractivity contribution in [1.82, 2.24) is 0 Å². The summed E-state index contributed by atoms with van der Waals surface area (Å²) in [6, 6.07) is 10.3. The van der Waals surface area contributed by atoms with Gasteiger partial charge in [0.1, 0.15) is 0 Å². The van der Waals surface area contributed by atoms with Gasteiger partial charge in [0.15, 0.2) is 17.3 Å². The second-order valence-corrected chi connectivity index (χ2v) is 8.26. The van der Waals surface area contributed by atoms with Crippen LogP contribution < -0.4 is 14.8 Å². The van der Waals surface area contributed by atoms with Gasteiger partial charge in [0.05, 0.1) is 20.3 Å². The largest absolute Gasteiger partial charge is 0.493 e. The molecule has 2 aromatic rings. The number of methoxy groups -OCH3 is 2. The first kappa shape index (κ1) is 18.4. The lowest BCUT2D eigenvalue weighted by molar-refractivity contribution is 0.101. The molecule has 4 nitrogen and oxygen atoms in total. The van der Waals surface area contributed by atoms with Crippen molar-refractivity contribution < 1.29 is 14.3 Å². The third-order valence-electron chi connectivity index (χ3n) is 6.00. The summed E-state index contributed by atoms with van der Waals surface area (Å²) in [6.07, 6.45) is 3.55. The number of ketones is 1. The van der Waals surface area contributed by atoms with E-state index in [9.17, 15) is 4.79 Å². The molecule has 5 heteroatoms. The van der Waals surface area contributed by atoms with E-state index in [0.29, 0.717) is 11.8 Å². The summed E-state index contributed by atoms with van der Waals surface area (Å²) in [4.78, 5) is 11.8. The molecule has 1 heterocycles. The Balaban J connectivity index is 1.79. The quantitative estimate of drug-likeness (QED) is 0.631. The molecule has 0 aromatic heterocycles. The van der Waals surface area contributed by atoms with Crippen LogP contribution in [0.25, 0.3) is 0 Å². The summed E-state index contributed by atoms with van der Waals surface area (Å²) in [5.41, 5.74) is 4.41. The second-order valence-electron chi connectivity index (χ2n) is 7.41. The van der Waals surface area contributed by atoms with Crippen LogP contribution in [0.5, 0.6) is 11.5 Å². The molecule has 2 aliphatic rings. The van der Waals surface area contributed by atoms with Gasteiger partial charge in [-0.3, -0.25) is 4.79 Å². The summed E-state index contributed by atoms with van der Waals surface area (Å²) in [7, 11) is 3.32. The van der Waals surface area contributed by atoms with Gasteiger partial charge in [-0.1, -0.05) is 22.4 Å². The van der Waals surface area contributed by atoms with Crippen LogP contribution in [0, 0.1) is 5.92 Å². The number of fused-ring (bicyclic) bond motifs is 3. The summed E-state index contributed by atoms with van der Waals surface area (Å²) in [6.45, 7) is 1.63. The zero-order chi connectivity index (χ0) is 19.1. The molecule has 27 heavy (non-hydrogen) atoms. The molecule has 0 bridgehead atoms. The number of hydrogen-bond donors (Lipinski definition) is 1. The standard InChI is InChI=1S/C22H24BrNO3/c1-12(25)13-7-8-19-16(9-13)14-5-4-6-15(14)22(24-19)17-10-20(26-2)21(27-3)11-18(17)23/h7-11,14-15,22,24H,4-6H2,1-3H3/t14-,15+,22-/m1/s1. The van der Waals surface area contributed by atoms with Gasteiger partial charge < -0.3 is 14.8 Å². The van der Waals surface area contributed by atoms with E-state index in [4.69, 9.17) is 9.47 Å². The van der Waals surface area contributed by atoms with Crippen LogP contribution in [0.4, 0.5) is 5.69 Å². The average Bonchev–Trinajstić information content (AvgIpc) is 3.17. The molecule has 1 saturated carbocycles. The van der Waals surface area contributed by atoms with Crippen molar-refractivity contribution in [2.24, 2.45) is 5.92 Å². The first-order chi connectivity index (χ1) is 13.0. The minimum Gasteiger partial charge on any atom is -0.493 e. The predicted molar refractivity (Wildman–Crippen MR) is 110 cm³/mol. The van der Waals surface area contributed by atoms with Gasteiger partial charge in [0.25, 0.3) is 0 Å². The maximum atomic E-state index is 11.8. The van der Waals surface area contributed by atoms with E-state index < -0.39 is 0 Å². The van der Waals surface area contributed by atoms with E-state index in [1.54, 1.807) is 21.1 Å². The third-order valence-corrected chi connectivity index (χ3v) is 6.69. The molecule has 3 atom stereocenters. The van der Waals surface area contributed by atoms with Gasteiger partial charge >= 0.3 is 0 Å². The van der Waals surface area contributed by atoms with Crippen LogP contribution in [0.3, 0.4) is 0 Å². The molecule has 1 fully saturated rings. The smallest absolute Gasteiger partial charge is 0.161 e. The molecule has 0 amide bonds. The molecule has 1 N–H and O–H groups in total. The fraction of sp³-hybridized carbons (Fsp3) is 0.409. The van der Waals surface area contributed by atoms with Crippen molar-refractivity contribution in [3.63, 3.8) is 0 Å². The van der Waals surface area contributed by atoms with Gasteiger partial charge in [0.2, 0.25) is 0 Å². The Kier molecular flexibility index (Phi) is 4.89. The summed E-state index contributed by atoms with van der Waals surface area (Å²) in [5, 5.41) is 3.74. The zero-order valence-electron chi connectivity index (χ0n) is 15.8. The van der Waals surface area contributed by atoms with Gasteiger partial charge in [-0.25, -0.2) is 0 Å². The third kappa shape index (κ3) is 3.12. The van der Waals surface area contributed by atoms with Crippen molar-refractivity contribution in [3.8, 4) is 11.5 Å². The number of halogens is 1. The SMILES string of the molecule is COc1cc(Br)c([C@@H]2Nc3ccc(C(C)=O)cc3[C@@H]3CCC[C@@H]32)cc1OC. The molecule has 4 rings (SSSR count). The molecular formula is C22H24BrNO3. The molecule has 0 radical (unpaired) electrons. The fourth-order valence-electron chi connectivity index (χ4n) is 4.68. The number of hydrogen-bond acceptors (Lipinski definition) is 4.